The first-order chi connectivity index (χ1) is 13.0. The molecule has 0 fully saturated rings. The number of hydrogen-bond donors (Lipinski definition) is 0. The third kappa shape index (κ3) is 4.49. The van der Waals surface area contributed by atoms with Crippen LogP contribution in [0.1, 0.15) is 38.9 Å². The highest BCUT2D eigenvalue weighted by molar-refractivity contribution is 7.77. The number of furan rings is 1. The number of carbonyl (C=O) groups is 1. The third-order valence-electron chi connectivity index (χ3n) is 4.51. The van der Waals surface area contributed by atoms with Gasteiger partial charge in [0.15, 0.2) is 12.4 Å². The number of ketones is 1. The van der Waals surface area contributed by atoms with Crippen LogP contribution in [0.4, 0.5) is 0 Å². The molecule has 0 aliphatic rings. The number of rotatable bonds is 6. The van der Waals surface area contributed by atoms with E-state index in [0.29, 0.717) is 22.9 Å². The number of Topliss-reactive ketones (excluding diaryl/α,β-unsaturated/α-hetero) is 1. The molecule has 138 valence electrons. The molecule has 0 unspecified atom stereocenters. The molecule has 1 atom stereocenters. The minimum absolute atomic E-state index is 0.0677. The molecule has 0 amide bonds. The highest BCUT2D eigenvalue weighted by Gasteiger charge is 2.28. The van der Waals surface area contributed by atoms with Crippen molar-refractivity contribution in [3.63, 3.8) is 0 Å². The summed E-state index contributed by atoms with van der Waals surface area (Å²) in [5.74, 6) is 0.644. The van der Waals surface area contributed by atoms with Crippen LogP contribution in [0.5, 0.6) is 0 Å². The predicted octanol–water partition coefficient (Wildman–Crippen LogP) is 4.06. The van der Waals surface area contributed by atoms with Gasteiger partial charge in [0.05, 0.1) is 12.8 Å². The van der Waals surface area contributed by atoms with Crippen LogP contribution in [0.3, 0.4) is 0 Å². The lowest BCUT2D eigenvalue weighted by molar-refractivity contribution is -0.692. The van der Waals surface area contributed by atoms with Crippen molar-refractivity contribution in [3.8, 4) is 0 Å². The molecule has 1 aromatic carbocycles. The van der Waals surface area contributed by atoms with Crippen molar-refractivity contribution in [3.05, 3.63) is 89.1 Å². The Morgan fingerprint density at radius 1 is 1.15 bits per heavy atom. The fourth-order valence-electron chi connectivity index (χ4n) is 2.85. The molecular weight excluding hydrogens is 356 g/mol. The standard InChI is InChI=1S/C22H22N2O2S/c1-15-6-4-10-24(14-15)20(22(27)23-13-19-7-5-11-26-19)21(25)18-9-8-16(2)17(3)12-18/h4-12,14,20H,13H2,1-3H3/t20-/m1/s1. The SMILES string of the molecule is Cc1ccc[n+]([C@H](C(=O)c2ccc(C)c(C)c2)C([S-])=NCc2ccco2)c1. The van der Waals surface area contributed by atoms with Gasteiger partial charge in [-0.05, 0) is 61.2 Å². The second-order valence-electron chi connectivity index (χ2n) is 6.63. The molecule has 0 saturated carbocycles. The van der Waals surface area contributed by atoms with Crippen LogP contribution in [-0.2, 0) is 19.2 Å². The minimum atomic E-state index is -0.669. The number of carbonyl (C=O) groups excluding carboxylic acids is 1. The Balaban J connectivity index is 1.99. The summed E-state index contributed by atoms with van der Waals surface area (Å²) in [6, 6.07) is 12.6. The van der Waals surface area contributed by atoms with Crippen molar-refractivity contribution in [2.45, 2.75) is 33.4 Å². The van der Waals surface area contributed by atoms with Gasteiger partial charge in [0, 0.05) is 17.2 Å². The van der Waals surface area contributed by atoms with Gasteiger partial charge < -0.3 is 22.0 Å². The van der Waals surface area contributed by atoms with Gasteiger partial charge in [0.25, 0.3) is 0 Å². The first-order valence-electron chi connectivity index (χ1n) is 8.78. The van der Waals surface area contributed by atoms with Gasteiger partial charge in [-0.2, -0.15) is 4.57 Å². The zero-order valence-corrected chi connectivity index (χ0v) is 16.5. The lowest BCUT2D eigenvalue weighted by atomic mass is 9.99. The van der Waals surface area contributed by atoms with E-state index < -0.39 is 6.04 Å². The van der Waals surface area contributed by atoms with Gasteiger partial charge in [-0.25, -0.2) is 0 Å². The first-order valence-corrected chi connectivity index (χ1v) is 9.19. The van der Waals surface area contributed by atoms with E-state index in [1.165, 1.54) is 0 Å². The summed E-state index contributed by atoms with van der Waals surface area (Å²) < 4.78 is 7.15. The molecule has 2 aromatic heterocycles. The normalized spacial score (nSPS) is 12.8. The number of aliphatic imine (C=N–C) groups is 1. The zero-order chi connectivity index (χ0) is 19.4. The van der Waals surface area contributed by atoms with Gasteiger partial charge in [-0.3, -0.25) is 4.79 Å². The van der Waals surface area contributed by atoms with Crippen LogP contribution >= 0.6 is 0 Å². The first kappa shape index (κ1) is 19.0. The molecule has 0 radical (unpaired) electrons. The van der Waals surface area contributed by atoms with Gasteiger partial charge in [-0.15, -0.1) is 0 Å². The second-order valence-corrected chi connectivity index (χ2v) is 7.05. The fourth-order valence-corrected chi connectivity index (χ4v) is 3.14. The minimum Gasteiger partial charge on any atom is -0.758 e. The molecule has 4 nitrogen and oxygen atoms in total. The second kappa shape index (κ2) is 8.27. The summed E-state index contributed by atoms with van der Waals surface area (Å²) in [5.41, 5.74) is 3.90. The van der Waals surface area contributed by atoms with E-state index in [-0.39, 0.29) is 5.78 Å². The summed E-state index contributed by atoms with van der Waals surface area (Å²) >= 11 is 5.56. The van der Waals surface area contributed by atoms with Crippen LogP contribution in [0, 0.1) is 20.8 Å². The van der Waals surface area contributed by atoms with E-state index in [1.54, 1.807) is 12.3 Å². The van der Waals surface area contributed by atoms with E-state index in [4.69, 9.17) is 17.0 Å². The number of aryl methyl sites for hydroxylation is 3. The van der Waals surface area contributed by atoms with Crippen LogP contribution < -0.4 is 4.57 Å². The van der Waals surface area contributed by atoms with E-state index in [2.05, 4.69) is 4.99 Å². The van der Waals surface area contributed by atoms with Gasteiger partial charge in [0.1, 0.15) is 5.76 Å². The quantitative estimate of drug-likeness (QED) is 0.214. The Morgan fingerprint density at radius 3 is 2.63 bits per heavy atom. The molecule has 0 aliphatic carbocycles. The van der Waals surface area contributed by atoms with E-state index >= 15 is 0 Å². The topological polar surface area (TPSA) is 46.5 Å². The molecule has 0 N–H and O–H groups in total. The number of hydrogen-bond acceptors (Lipinski definition) is 4. The molecule has 0 spiro atoms. The van der Waals surface area contributed by atoms with Gasteiger partial charge in [-0.1, -0.05) is 12.1 Å². The fraction of sp³-hybridized carbons (Fsp3) is 0.227. The largest absolute Gasteiger partial charge is 0.758 e. The van der Waals surface area contributed by atoms with Gasteiger partial charge in [0.2, 0.25) is 11.8 Å². The number of benzene rings is 1. The highest BCUT2D eigenvalue weighted by atomic mass is 32.1. The Hall–Kier alpha value is -2.79. The molecule has 0 bridgehead atoms. The Kier molecular flexibility index (Phi) is 5.81. The van der Waals surface area contributed by atoms with Crippen molar-refractivity contribution < 1.29 is 13.8 Å². The van der Waals surface area contributed by atoms with Crippen molar-refractivity contribution in [2.75, 3.05) is 0 Å². The van der Waals surface area contributed by atoms with Crippen LogP contribution in [0.2, 0.25) is 0 Å². The summed E-state index contributed by atoms with van der Waals surface area (Å²) in [6.45, 7) is 6.33. The molecule has 0 aliphatic heterocycles. The Morgan fingerprint density at radius 2 is 1.96 bits per heavy atom. The van der Waals surface area contributed by atoms with Crippen LogP contribution in [0.25, 0.3) is 0 Å². The smallest absolute Gasteiger partial charge is 0.237 e. The van der Waals surface area contributed by atoms with Crippen LogP contribution in [0.15, 0.2) is 70.5 Å². The van der Waals surface area contributed by atoms with Crippen molar-refractivity contribution >= 4 is 23.5 Å². The van der Waals surface area contributed by atoms with E-state index in [0.717, 1.165) is 16.7 Å². The average Bonchev–Trinajstić information content (AvgIpc) is 3.16. The van der Waals surface area contributed by atoms with E-state index in [9.17, 15) is 4.79 Å². The maximum atomic E-state index is 13.3. The van der Waals surface area contributed by atoms with Crippen molar-refractivity contribution in [1.29, 1.82) is 0 Å². The molecule has 3 rings (SSSR count). The zero-order valence-electron chi connectivity index (χ0n) is 15.7. The van der Waals surface area contributed by atoms with Crippen molar-refractivity contribution in [1.82, 2.24) is 0 Å². The summed E-state index contributed by atoms with van der Waals surface area (Å²) in [5, 5.41) is 0.338. The molecule has 3 aromatic rings. The molecule has 27 heavy (non-hydrogen) atoms. The Labute approximate surface area is 165 Å². The molecule has 2 heterocycles. The molecule has 5 heteroatoms. The molecular formula is C22H22N2O2S. The predicted molar refractivity (Wildman–Crippen MR) is 108 cm³/mol. The molecule has 0 saturated heterocycles. The summed E-state index contributed by atoms with van der Waals surface area (Å²) in [6.07, 6.45) is 5.37. The maximum Gasteiger partial charge on any atom is 0.237 e. The lowest BCUT2D eigenvalue weighted by Crippen LogP contribution is -2.48. The summed E-state index contributed by atoms with van der Waals surface area (Å²) in [4.78, 5) is 17.8. The lowest BCUT2D eigenvalue weighted by Gasteiger charge is -2.19. The average molecular weight is 378 g/mol. The maximum absolute atomic E-state index is 13.3. The number of nitrogens with zero attached hydrogens (tertiary/aromatic N) is 2. The number of pyridine rings is 1. The monoisotopic (exact) mass is 378 g/mol. The highest BCUT2D eigenvalue weighted by Crippen LogP contribution is 2.16. The Bertz CT molecular complexity index is 978. The summed E-state index contributed by atoms with van der Waals surface area (Å²) in [7, 11) is 0. The van der Waals surface area contributed by atoms with Gasteiger partial charge >= 0.3 is 0 Å². The third-order valence-corrected chi connectivity index (χ3v) is 4.87. The van der Waals surface area contributed by atoms with Crippen molar-refractivity contribution in [2.24, 2.45) is 4.99 Å². The van der Waals surface area contributed by atoms with E-state index in [1.807, 2.05) is 74.1 Å². The number of aromatic nitrogens is 1. The van der Waals surface area contributed by atoms with Crippen LogP contribution in [-0.4, -0.2) is 10.8 Å².